The number of aromatic nitrogens is 2. The normalized spacial score (nSPS) is 11.5. The second-order valence-electron chi connectivity index (χ2n) is 6.95. The van der Waals surface area contributed by atoms with Crippen molar-refractivity contribution in [3.05, 3.63) is 84.1 Å². The number of fused-ring (bicyclic) bond motifs is 1. The van der Waals surface area contributed by atoms with Crippen molar-refractivity contribution in [2.24, 2.45) is 0 Å². The zero-order valence-electron chi connectivity index (χ0n) is 17.3. The first kappa shape index (κ1) is 20.9. The molecule has 0 amide bonds. The molecule has 0 aliphatic rings. The van der Waals surface area contributed by atoms with Gasteiger partial charge in [0.15, 0.2) is 11.5 Å². The Kier molecular flexibility index (Phi) is 5.92. The summed E-state index contributed by atoms with van der Waals surface area (Å²) in [4.78, 5) is 0.0955. The van der Waals surface area contributed by atoms with Crippen LogP contribution < -0.4 is 14.2 Å². The van der Waals surface area contributed by atoms with E-state index in [-0.39, 0.29) is 11.4 Å². The smallest absolute Gasteiger partial charge is 0.241 e. The fourth-order valence-electron chi connectivity index (χ4n) is 3.43. The maximum atomic E-state index is 12.9. The average Bonchev–Trinajstić information content (AvgIpc) is 3.15. The van der Waals surface area contributed by atoms with Gasteiger partial charge in [-0.05, 0) is 23.8 Å². The Morgan fingerprint density at radius 2 is 1.61 bits per heavy atom. The highest BCUT2D eigenvalue weighted by Crippen LogP contribution is 2.29. The Morgan fingerprint density at radius 3 is 2.35 bits per heavy atom. The summed E-state index contributed by atoms with van der Waals surface area (Å²) in [5.41, 5.74) is 2.73. The summed E-state index contributed by atoms with van der Waals surface area (Å²) < 4.78 is 40.7. The van der Waals surface area contributed by atoms with Gasteiger partial charge in [-0.1, -0.05) is 48.5 Å². The van der Waals surface area contributed by atoms with E-state index in [4.69, 9.17) is 9.47 Å². The number of benzene rings is 3. The largest absolute Gasteiger partial charge is 0.493 e. The molecule has 4 aromatic rings. The van der Waals surface area contributed by atoms with Gasteiger partial charge < -0.3 is 9.47 Å². The van der Waals surface area contributed by atoms with Gasteiger partial charge in [-0.3, -0.25) is 4.68 Å². The monoisotopic (exact) mass is 437 g/mol. The molecule has 0 saturated carbocycles. The fourth-order valence-corrected chi connectivity index (χ4v) is 4.44. The van der Waals surface area contributed by atoms with Crippen molar-refractivity contribution in [1.82, 2.24) is 14.5 Å². The topological polar surface area (TPSA) is 82.5 Å². The van der Waals surface area contributed by atoms with E-state index in [0.717, 1.165) is 16.5 Å². The molecule has 4 rings (SSSR count). The van der Waals surface area contributed by atoms with E-state index >= 15 is 0 Å². The first-order valence-corrected chi connectivity index (χ1v) is 11.2. The first-order valence-electron chi connectivity index (χ1n) is 9.72. The third kappa shape index (κ3) is 4.40. The molecular weight excluding hydrogens is 414 g/mol. The molecule has 1 heterocycles. The van der Waals surface area contributed by atoms with Crippen LogP contribution in [0.3, 0.4) is 0 Å². The van der Waals surface area contributed by atoms with Gasteiger partial charge in [0.1, 0.15) is 0 Å². The summed E-state index contributed by atoms with van der Waals surface area (Å²) in [6.45, 7) is 0.669. The van der Waals surface area contributed by atoms with E-state index in [1.54, 1.807) is 6.07 Å². The lowest BCUT2D eigenvalue weighted by molar-refractivity contribution is 0.354. The first-order chi connectivity index (χ1) is 15.0. The highest BCUT2D eigenvalue weighted by Gasteiger charge is 2.19. The van der Waals surface area contributed by atoms with E-state index in [1.807, 2.05) is 59.3 Å². The Hall–Kier alpha value is -3.36. The van der Waals surface area contributed by atoms with Crippen molar-refractivity contribution < 1.29 is 17.9 Å². The van der Waals surface area contributed by atoms with Crippen molar-refractivity contribution in [2.75, 3.05) is 14.2 Å². The zero-order chi connectivity index (χ0) is 21.8. The maximum Gasteiger partial charge on any atom is 0.241 e. The standard InChI is InChI=1S/C23H23N3O4S/c1-29-22-13-12-18(14-23(22)30-2)31(27,28)24-15-20-19-10-6-7-11-21(19)26(25-20)16-17-8-4-3-5-9-17/h3-14,24H,15-16H2,1-2H3. The number of sulfonamides is 1. The minimum absolute atomic E-state index is 0.0684. The third-order valence-corrected chi connectivity index (χ3v) is 6.40. The number of hydrogen-bond acceptors (Lipinski definition) is 5. The van der Waals surface area contributed by atoms with Crippen LogP contribution in [0, 0.1) is 0 Å². The maximum absolute atomic E-state index is 12.9. The van der Waals surface area contributed by atoms with Gasteiger partial charge in [0.05, 0.1) is 43.4 Å². The van der Waals surface area contributed by atoms with Crippen LogP contribution >= 0.6 is 0 Å². The second-order valence-corrected chi connectivity index (χ2v) is 8.72. The number of rotatable bonds is 8. The number of para-hydroxylation sites is 1. The second kappa shape index (κ2) is 8.79. The Morgan fingerprint density at radius 1 is 0.903 bits per heavy atom. The molecule has 160 valence electrons. The van der Waals surface area contributed by atoms with E-state index in [9.17, 15) is 8.42 Å². The molecule has 0 saturated heterocycles. The number of methoxy groups -OCH3 is 2. The molecule has 0 unspecified atom stereocenters. The molecule has 0 aliphatic heterocycles. The van der Waals surface area contributed by atoms with Crippen LogP contribution in [0.25, 0.3) is 10.9 Å². The predicted molar refractivity (Wildman–Crippen MR) is 119 cm³/mol. The van der Waals surface area contributed by atoms with Crippen LogP contribution in [-0.4, -0.2) is 32.4 Å². The number of nitrogens with one attached hydrogen (secondary N) is 1. The third-order valence-electron chi connectivity index (χ3n) is 5.00. The minimum atomic E-state index is -3.77. The van der Waals surface area contributed by atoms with Crippen molar-refractivity contribution >= 4 is 20.9 Å². The van der Waals surface area contributed by atoms with Gasteiger partial charge >= 0.3 is 0 Å². The van der Waals surface area contributed by atoms with Crippen LogP contribution in [0.2, 0.25) is 0 Å². The molecular formula is C23H23N3O4S. The summed E-state index contributed by atoms with van der Waals surface area (Å²) in [7, 11) is -0.803. The molecule has 31 heavy (non-hydrogen) atoms. The molecule has 0 bridgehead atoms. The van der Waals surface area contributed by atoms with Crippen LogP contribution in [0.5, 0.6) is 11.5 Å². The van der Waals surface area contributed by atoms with Crippen LogP contribution in [0.15, 0.2) is 77.7 Å². The average molecular weight is 438 g/mol. The van der Waals surface area contributed by atoms with Gasteiger partial charge in [-0.25, -0.2) is 13.1 Å². The molecule has 0 atom stereocenters. The van der Waals surface area contributed by atoms with Crippen molar-refractivity contribution in [3.8, 4) is 11.5 Å². The fraction of sp³-hybridized carbons (Fsp3) is 0.174. The van der Waals surface area contributed by atoms with E-state index in [2.05, 4.69) is 9.82 Å². The summed E-state index contributed by atoms with van der Waals surface area (Å²) in [5.74, 6) is 0.815. The summed E-state index contributed by atoms with van der Waals surface area (Å²) in [5, 5.41) is 5.60. The lowest BCUT2D eigenvalue weighted by Gasteiger charge is -2.10. The highest BCUT2D eigenvalue weighted by atomic mass is 32.2. The lowest BCUT2D eigenvalue weighted by atomic mass is 10.2. The molecule has 0 radical (unpaired) electrons. The molecule has 1 aromatic heterocycles. The molecule has 0 spiro atoms. The van der Waals surface area contributed by atoms with Gasteiger partial charge in [-0.2, -0.15) is 5.10 Å². The number of hydrogen-bond donors (Lipinski definition) is 1. The van der Waals surface area contributed by atoms with Crippen LogP contribution in [0.1, 0.15) is 11.3 Å². The van der Waals surface area contributed by atoms with E-state index < -0.39 is 10.0 Å². The number of ether oxygens (including phenoxy) is 2. The van der Waals surface area contributed by atoms with Crippen LogP contribution in [-0.2, 0) is 23.1 Å². The van der Waals surface area contributed by atoms with Gasteiger partial charge in [0.25, 0.3) is 0 Å². The molecule has 7 nitrogen and oxygen atoms in total. The highest BCUT2D eigenvalue weighted by molar-refractivity contribution is 7.89. The van der Waals surface area contributed by atoms with E-state index in [0.29, 0.717) is 23.7 Å². The van der Waals surface area contributed by atoms with Crippen molar-refractivity contribution in [1.29, 1.82) is 0 Å². The summed E-state index contributed by atoms with van der Waals surface area (Å²) in [6, 6.07) is 22.3. The number of nitrogens with zero attached hydrogens (tertiary/aromatic N) is 2. The Balaban J connectivity index is 1.60. The van der Waals surface area contributed by atoms with E-state index in [1.165, 1.54) is 26.4 Å². The summed E-state index contributed by atoms with van der Waals surface area (Å²) in [6.07, 6.45) is 0. The molecule has 8 heteroatoms. The Bertz CT molecular complexity index is 1300. The van der Waals surface area contributed by atoms with Crippen LogP contribution in [0.4, 0.5) is 0 Å². The quantitative estimate of drug-likeness (QED) is 0.456. The van der Waals surface area contributed by atoms with Gasteiger partial charge in [0.2, 0.25) is 10.0 Å². The SMILES string of the molecule is COc1ccc(S(=O)(=O)NCc2nn(Cc3ccccc3)c3ccccc23)cc1OC. The summed E-state index contributed by atoms with van der Waals surface area (Å²) >= 11 is 0. The molecule has 3 aromatic carbocycles. The van der Waals surface area contributed by atoms with Gasteiger partial charge in [-0.15, -0.1) is 0 Å². The van der Waals surface area contributed by atoms with Crippen molar-refractivity contribution in [2.45, 2.75) is 18.0 Å². The molecule has 0 fully saturated rings. The molecule has 0 aliphatic carbocycles. The lowest BCUT2D eigenvalue weighted by Crippen LogP contribution is -2.23. The minimum Gasteiger partial charge on any atom is -0.493 e. The van der Waals surface area contributed by atoms with Gasteiger partial charge in [0, 0.05) is 11.5 Å². The zero-order valence-corrected chi connectivity index (χ0v) is 18.1. The molecule has 1 N–H and O–H groups in total. The van der Waals surface area contributed by atoms with Crippen molar-refractivity contribution in [3.63, 3.8) is 0 Å². The Labute approximate surface area is 181 Å². The predicted octanol–water partition coefficient (Wildman–Crippen LogP) is 3.58.